The molecule has 0 radical (unpaired) electrons. The summed E-state index contributed by atoms with van der Waals surface area (Å²) < 4.78 is 13.1. The molecular weight excluding hydrogens is 189 g/mol. The number of halogens is 2. The first-order chi connectivity index (χ1) is 6.24. The van der Waals surface area contributed by atoms with Crippen LogP contribution in [0.4, 0.5) is 4.39 Å². The smallest absolute Gasteiger partial charge is 0.105 e. The Morgan fingerprint density at radius 3 is 2.69 bits per heavy atom. The fourth-order valence-corrected chi connectivity index (χ4v) is 1.40. The van der Waals surface area contributed by atoms with Crippen LogP contribution in [0.5, 0.6) is 0 Å². The van der Waals surface area contributed by atoms with Crippen molar-refractivity contribution in [2.24, 2.45) is 5.73 Å². The minimum absolute atomic E-state index is 0.358. The van der Waals surface area contributed by atoms with E-state index in [2.05, 4.69) is 0 Å². The maximum Gasteiger partial charge on any atom is 0.105 e. The van der Waals surface area contributed by atoms with E-state index >= 15 is 0 Å². The molecule has 1 nitrogen and oxygen atoms in total. The van der Waals surface area contributed by atoms with E-state index in [0.29, 0.717) is 24.4 Å². The molecule has 0 aliphatic carbocycles. The molecule has 1 atom stereocenters. The van der Waals surface area contributed by atoms with Gasteiger partial charge in [-0.05, 0) is 24.6 Å². The molecule has 1 aromatic carbocycles. The van der Waals surface area contributed by atoms with Crippen molar-refractivity contribution < 1.29 is 4.39 Å². The van der Waals surface area contributed by atoms with Gasteiger partial charge in [-0.2, -0.15) is 0 Å². The van der Waals surface area contributed by atoms with E-state index in [4.69, 9.17) is 17.3 Å². The quantitative estimate of drug-likeness (QED) is 0.796. The summed E-state index contributed by atoms with van der Waals surface area (Å²) in [5.74, 6) is 0. The summed E-state index contributed by atoms with van der Waals surface area (Å²) in [6.07, 6.45) is -0.132. The third-order valence-corrected chi connectivity index (χ3v) is 2.25. The summed E-state index contributed by atoms with van der Waals surface area (Å²) in [4.78, 5) is 0. The van der Waals surface area contributed by atoms with Gasteiger partial charge in [0, 0.05) is 11.4 Å². The fraction of sp³-hybridized carbons (Fsp3) is 0.400. The lowest BCUT2D eigenvalue weighted by Crippen LogP contribution is -2.11. The first-order valence-electron chi connectivity index (χ1n) is 4.31. The second-order valence-corrected chi connectivity index (χ2v) is 3.38. The lowest BCUT2D eigenvalue weighted by Gasteiger charge is -2.07. The first-order valence-corrected chi connectivity index (χ1v) is 4.69. The van der Waals surface area contributed by atoms with Crippen LogP contribution in [-0.2, 0) is 6.42 Å². The molecule has 2 N–H and O–H groups in total. The average Bonchev–Trinajstić information content (AvgIpc) is 2.09. The van der Waals surface area contributed by atoms with E-state index in [0.717, 1.165) is 5.56 Å². The van der Waals surface area contributed by atoms with Crippen molar-refractivity contribution >= 4 is 11.6 Å². The van der Waals surface area contributed by atoms with E-state index in [1.54, 1.807) is 6.07 Å². The second-order valence-electron chi connectivity index (χ2n) is 2.97. The number of benzene rings is 1. The molecule has 0 aromatic heterocycles. The predicted molar refractivity (Wildman–Crippen MR) is 53.7 cm³/mol. The van der Waals surface area contributed by atoms with Crippen LogP contribution in [0.2, 0.25) is 5.02 Å². The van der Waals surface area contributed by atoms with Gasteiger partial charge in [-0.3, -0.25) is 0 Å². The molecule has 0 saturated carbocycles. The molecule has 1 unspecified atom stereocenters. The molecule has 1 aromatic rings. The lowest BCUT2D eigenvalue weighted by atomic mass is 10.1. The van der Waals surface area contributed by atoms with E-state index in [9.17, 15) is 4.39 Å². The Morgan fingerprint density at radius 1 is 1.38 bits per heavy atom. The van der Waals surface area contributed by atoms with E-state index < -0.39 is 6.17 Å². The molecule has 0 spiro atoms. The zero-order valence-corrected chi connectivity index (χ0v) is 8.10. The molecule has 0 amide bonds. The van der Waals surface area contributed by atoms with Gasteiger partial charge in [-0.15, -0.1) is 0 Å². The predicted octanol–water partition coefficient (Wildman–Crippen LogP) is 2.57. The molecule has 1 rings (SSSR count). The Morgan fingerprint density at radius 2 is 2.08 bits per heavy atom. The summed E-state index contributed by atoms with van der Waals surface area (Å²) in [6.45, 7) is 0.381. The highest BCUT2D eigenvalue weighted by Gasteiger charge is 2.08. The number of hydrogen-bond acceptors (Lipinski definition) is 1. The van der Waals surface area contributed by atoms with Gasteiger partial charge >= 0.3 is 0 Å². The maximum absolute atomic E-state index is 13.1. The van der Waals surface area contributed by atoms with Crippen molar-refractivity contribution in [2.45, 2.75) is 19.0 Å². The second kappa shape index (κ2) is 5.20. The largest absolute Gasteiger partial charge is 0.330 e. The fourth-order valence-electron chi connectivity index (χ4n) is 1.19. The highest BCUT2D eigenvalue weighted by molar-refractivity contribution is 6.31. The van der Waals surface area contributed by atoms with Crippen LogP contribution in [0.3, 0.4) is 0 Å². The standard InChI is InChI=1S/C10H13ClFN/c11-10-4-2-1-3-8(10)7-9(12)5-6-13/h1-4,9H,5-7,13H2. The number of nitrogens with two attached hydrogens (primary N) is 1. The van der Waals surface area contributed by atoms with Gasteiger partial charge in [0.1, 0.15) is 6.17 Å². The molecular formula is C10H13ClFN. The molecule has 0 fully saturated rings. The van der Waals surface area contributed by atoms with Crippen molar-refractivity contribution in [2.75, 3.05) is 6.54 Å². The maximum atomic E-state index is 13.1. The van der Waals surface area contributed by atoms with Crippen molar-refractivity contribution in [1.29, 1.82) is 0 Å². The van der Waals surface area contributed by atoms with Crippen LogP contribution in [-0.4, -0.2) is 12.7 Å². The molecule has 72 valence electrons. The normalized spacial score (nSPS) is 12.8. The molecule has 0 aliphatic heterocycles. The molecule has 0 saturated heterocycles. The third-order valence-electron chi connectivity index (χ3n) is 1.88. The zero-order valence-electron chi connectivity index (χ0n) is 7.34. The Labute approximate surface area is 82.7 Å². The molecule has 0 bridgehead atoms. The lowest BCUT2D eigenvalue weighted by molar-refractivity contribution is 0.316. The highest BCUT2D eigenvalue weighted by Crippen LogP contribution is 2.18. The van der Waals surface area contributed by atoms with Crippen molar-refractivity contribution in [1.82, 2.24) is 0 Å². The van der Waals surface area contributed by atoms with Crippen LogP contribution in [0, 0.1) is 0 Å². The van der Waals surface area contributed by atoms with E-state index in [1.807, 2.05) is 18.2 Å². The summed E-state index contributed by atoms with van der Waals surface area (Å²) in [7, 11) is 0. The minimum Gasteiger partial charge on any atom is -0.330 e. The van der Waals surface area contributed by atoms with Gasteiger partial charge in [-0.25, -0.2) is 4.39 Å². The summed E-state index contributed by atoms with van der Waals surface area (Å²) in [6, 6.07) is 7.30. The summed E-state index contributed by atoms with van der Waals surface area (Å²) in [5.41, 5.74) is 6.10. The van der Waals surface area contributed by atoms with Gasteiger partial charge < -0.3 is 5.73 Å². The van der Waals surface area contributed by atoms with Gasteiger partial charge in [0.15, 0.2) is 0 Å². The first kappa shape index (κ1) is 10.5. The Bertz CT molecular complexity index is 265. The molecule has 0 aliphatic rings. The topological polar surface area (TPSA) is 26.0 Å². The molecule has 0 heterocycles. The zero-order chi connectivity index (χ0) is 9.68. The number of hydrogen-bond donors (Lipinski definition) is 1. The Kier molecular flexibility index (Phi) is 4.19. The van der Waals surface area contributed by atoms with Gasteiger partial charge in [0.2, 0.25) is 0 Å². The monoisotopic (exact) mass is 201 g/mol. The van der Waals surface area contributed by atoms with E-state index in [1.165, 1.54) is 0 Å². The highest BCUT2D eigenvalue weighted by atomic mass is 35.5. The van der Waals surface area contributed by atoms with Gasteiger partial charge in [-0.1, -0.05) is 29.8 Å². The third kappa shape index (κ3) is 3.33. The summed E-state index contributed by atoms with van der Waals surface area (Å²) >= 11 is 5.87. The number of alkyl halides is 1. The van der Waals surface area contributed by atoms with Crippen molar-refractivity contribution in [3.8, 4) is 0 Å². The number of rotatable bonds is 4. The minimum atomic E-state index is -0.884. The average molecular weight is 202 g/mol. The van der Waals surface area contributed by atoms with Crippen molar-refractivity contribution in [3.05, 3.63) is 34.9 Å². The van der Waals surface area contributed by atoms with Crippen LogP contribution in [0.15, 0.2) is 24.3 Å². The van der Waals surface area contributed by atoms with E-state index in [-0.39, 0.29) is 0 Å². The van der Waals surface area contributed by atoms with Crippen LogP contribution in [0.1, 0.15) is 12.0 Å². The van der Waals surface area contributed by atoms with Gasteiger partial charge in [0.25, 0.3) is 0 Å². The Balaban J connectivity index is 2.58. The van der Waals surface area contributed by atoms with Crippen LogP contribution >= 0.6 is 11.6 Å². The molecule has 3 heteroatoms. The Hall–Kier alpha value is -0.600. The SMILES string of the molecule is NCCC(F)Cc1ccccc1Cl. The van der Waals surface area contributed by atoms with Crippen LogP contribution in [0.25, 0.3) is 0 Å². The van der Waals surface area contributed by atoms with Gasteiger partial charge in [0.05, 0.1) is 0 Å². The van der Waals surface area contributed by atoms with Crippen molar-refractivity contribution in [3.63, 3.8) is 0 Å². The van der Waals surface area contributed by atoms with Crippen LogP contribution < -0.4 is 5.73 Å². The summed E-state index contributed by atoms with van der Waals surface area (Å²) in [5, 5.41) is 0.627. The molecule has 13 heavy (non-hydrogen) atoms.